The standard InChI is InChI=1S/C22H36N4O3/c1-15(2)10-20(27)23-18-6-8-24(9-7-18)22(29)25-12-16-11-17(14-25)19-4-3-5-21(28)26(19)13-16/h15-19H,3-14H2,1-2H3,(H,23,27)/t16?,17?,19-/m1/s1. The average Bonchev–Trinajstić information content (AvgIpc) is 2.68. The Hall–Kier alpha value is -1.79. The van der Waals surface area contributed by atoms with Crippen LogP contribution >= 0.6 is 0 Å². The summed E-state index contributed by atoms with van der Waals surface area (Å²) in [5.41, 5.74) is 0. The minimum absolute atomic E-state index is 0.125. The molecule has 0 radical (unpaired) electrons. The summed E-state index contributed by atoms with van der Waals surface area (Å²) >= 11 is 0. The van der Waals surface area contributed by atoms with Crippen LogP contribution in [0.15, 0.2) is 0 Å². The summed E-state index contributed by atoms with van der Waals surface area (Å²) in [6.45, 7) is 7.92. The smallest absolute Gasteiger partial charge is 0.320 e. The molecular weight excluding hydrogens is 368 g/mol. The number of hydrogen-bond acceptors (Lipinski definition) is 3. The van der Waals surface area contributed by atoms with E-state index in [-0.39, 0.29) is 18.0 Å². The van der Waals surface area contributed by atoms with E-state index >= 15 is 0 Å². The Kier molecular flexibility index (Phi) is 6.02. The van der Waals surface area contributed by atoms with Crippen molar-refractivity contribution in [2.75, 3.05) is 32.7 Å². The maximum absolute atomic E-state index is 13.2. The van der Waals surface area contributed by atoms with Crippen molar-refractivity contribution in [2.45, 2.75) is 70.9 Å². The van der Waals surface area contributed by atoms with Gasteiger partial charge < -0.3 is 20.0 Å². The lowest BCUT2D eigenvalue weighted by atomic mass is 9.76. The van der Waals surface area contributed by atoms with Gasteiger partial charge in [-0.05, 0) is 49.9 Å². The van der Waals surface area contributed by atoms with E-state index in [1.165, 1.54) is 0 Å². The van der Waals surface area contributed by atoms with E-state index in [2.05, 4.69) is 24.1 Å². The van der Waals surface area contributed by atoms with Crippen LogP contribution in [0.3, 0.4) is 0 Å². The number of nitrogens with one attached hydrogen (secondary N) is 1. The van der Waals surface area contributed by atoms with Crippen LogP contribution in [0.1, 0.15) is 58.8 Å². The van der Waals surface area contributed by atoms with Crippen molar-refractivity contribution >= 4 is 17.8 Å². The number of rotatable bonds is 3. The first-order chi connectivity index (χ1) is 13.9. The molecule has 3 atom stereocenters. The van der Waals surface area contributed by atoms with Crippen LogP contribution in [0.2, 0.25) is 0 Å². The van der Waals surface area contributed by atoms with Crippen LogP contribution in [0.25, 0.3) is 0 Å². The molecule has 4 aliphatic rings. The van der Waals surface area contributed by atoms with Crippen LogP contribution < -0.4 is 5.32 Å². The minimum atomic E-state index is 0.125. The molecule has 7 heteroatoms. The summed E-state index contributed by atoms with van der Waals surface area (Å²) in [5.74, 6) is 1.66. The van der Waals surface area contributed by atoms with Crippen molar-refractivity contribution in [2.24, 2.45) is 17.8 Å². The van der Waals surface area contributed by atoms with E-state index in [0.717, 1.165) is 51.7 Å². The molecule has 4 aliphatic heterocycles. The molecule has 2 bridgehead atoms. The highest BCUT2D eigenvalue weighted by atomic mass is 16.2. The van der Waals surface area contributed by atoms with Crippen LogP contribution in [0.4, 0.5) is 4.79 Å². The van der Waals surface area contributed by atoms with Gasteiger partial charge in [0.15, 0.2) is 0 Å². The number of piperidine rings is 4. The molecule has 0 aliphatic carbocycles. The average molecular weight is 405 g/mol. The minimum Gasteiger partial charge on any atom is -0.353 e. The first-order valence-electron chi connectivity index (χ1n) is 11.5. The molecule has 1 N–H and O–H groups in total. The van der Waals surface area contributed by atoms with Crippen molar-refractivity contribution < 1.29 is 14.4 Å². The maximum Gasteiger partial charge on any atom is 0.320 e. The van der Waals surface area contributed by atoms with Gasteiger partial charge in [-0.15, -0.1) is 0 Å². The molecule has 162 valence electrons. The van der Waals surface area contributed by atoms with Gasteiger partial charge in [0.05, 0.1) is 0 Å². The van der Waals surface area contributed by atoms with Crippen LogP contribution in [-0.2, 0) is 9.59 Å². The third-order valence-corrected chi connectivity index (χ3v) is 7.17. The number of carbonyl (C=O) groups is 3. The number of hydrogen-bond donors (Lipinski definition) is 1. The molecule has 0 aromatic carbocycles. The molecule has 4 fully saturated rings. The van der Waals surface area contributed by atoms with Gasteiger partial charge in [-0.1, -0.05) is 13.8 Å². The molecule has 2 unspecified atom stereocenters. The van der Waals surface area contributed by atoms with Gasteiger partial charge in [0.2, 0.25) is 11.8 Å². The number of amides is 4. The van der Waals surface area contributed by atoms with Gasteiger partial charge >= 0.3 is 6.03 Å². The highest BCUT2D eigenvalue weighted by Gasteiger charge is 2.45. The number of carbonyl (C=O) groups excluding carboxylic acids is 3. The third-order valence-electron chi connectivity index (χ3n) is 7.17. The van der Waals surface area contributed by atoms with Gasteiger partial charge in [0.1, 0.15) is 0 Å². The number of urea groups is 1. The monoisotopic (exact) mass is 404 g/mol. The Labute approximate surface area is 174 Å². The Morgan fingerprint density at radius 2 is 1.83 bits per heavy atom. The molecule has 0 aromatic heterocycles. The second-order valence-electron chi connectivity index (χ2n) is 9.98. The van der Waals surface area contributed by atoms with E-state index in [1.54, 1.807) is 0 Å². The predicted molar refractivity (Wildman–Crippen MR) is 110 cm³/mol. The lowest BCUT2D eigenvalue weighted by molar-refractivity contribution is -0.144. The Bertz CT molecular complexity index is 644. The molecule has 0 spiro atoms. The van der Waals surface area contributed by atoms with E-state index in [1.807, 2.05) is 9.80 Å². The van der Waals surface area contributed by atoms with Gasteiger partial charge in [-0.2, -0.15) is 0 Å². The van der Waals surface area contributed by atoms with Gasteiger partial charge in [0, 0.05) is 57.6 Å². The largest absolute Gasteiger partial charge is 0.353 e. The number of fused-ring (bicyclic) bond motifs is 4. The molecule has 0 saturated carbocycles. The number of likely N-dealkylation sites (tertiary alicyclic amines) is 2. The molecular formula is C22H36N4O3. The van der Waals surface area contributed by atoms with Crippen LogP contribution in [-0.4, -0.2) is 77.4 Å². The van der Waals surface area contributed by atoms with Crippen molar-refractivity contribution in [3.8, 4) is 0 Å². The second-order valence-corrected chi connectivity index (χ2v) is 9.98. The molecule has 0 aromatic rings. The fourth-order valence-corrected chi connectivity index (χ4v) is 5.84. The Morgan fingerprint density at radius 1 is 1.07 bits per heavy atom. The lowest BCUT2D eigenvalue weighted by Crippen LogP contribution is -2.62. The summed E-state index contributed by atoms with van der Waals surface area (Å²) in [5, 5.41) is 3.13. The van der Waals surface area contributed by atoms with Gasteiger partial charge in [-0.25, -0.2) is 4.79 Å². The first-order valence-corrected chi connectivity index (χ1v) is 11.5. The van der Waals surface area contributed by atoms with E-state index < -0.39 is 0 Å². The molecule has 4 amide bonds. The zero-order chi connectivity index (χ0) is 20.5. The molecule has 7 nitrogen and oxygen atoms in total. The van der Waals surface area contributed by atoms with Crippen molar-refractivity contribution in [1.29, 1.82) is 0 Å². The summed E-state index contributed by atoms with van der Waals surface area (Å²) in [4.78, 5) is 43.6. The van der Waals surface area contributed by atoms with Gasteiger partial charge in [0.25, 0.3) is 0 Å². The number of nitrogens with zero attached hydrogens (tertiary/aromatic N) is 3. The highest BCUT2D eigenvalue weighted by Crippen LogP contribution is 2.38. The second kappa shape index (κ2) is 8.52. The van der Waals surface area contributed by atoms with Crippen molar-refractivity contribution in [3.63, 3.8) is 0 Å². The summed E-state index contributed by atoms with van der Waals surface area (Å²) in [7, 11) is 0. The SMILES string of the molecule is CC(C)CC(=O)NC1CCN(C(=O)N2CC3CC(C2)[C@H]2CCCC(=O)N2C3)CC1. The molecule has 4 saturated heterocycles. The highest BCUT2D eigenvalue weighted by molar-refractivity contribution is 5.78. The Morgan fingerprint density at radius 3 is 2.55 bits per heavy atom. The topological polar surface area (TPSA) is 73.0 Å². The van der Waals surface area contributed by atoms with E-state index in [0.29, 0.717) is 55.6 Å². The third kappa shape index (κ3) is 4.53. The zero-order valence-corrected chi connectivity index (χ0v) is 17.9. The van der Waals surface area contributed by atoms with Crippen molar-refractivity contribution in [1.82, 2.24) is 20.0 Å². The van der Waals surface area contributed by atoms with E-state index in [4.69, 9.17) is 0 Å². The van der Waals surface area contributed by atoms with Crippen LogP contribution in [0, 0.1) is 17.8 Å². The van der Waals surface area contributed by atoms with Crippen molar-refractivity contribution in [3.05, 3.63) is 0 Å². The normalized spacial score (nSPS) is 30.4. The summed E-state index contributed by atoms with van der Waals surface area (Å²) in [6, 6.07) is 0.681. The van der Waals surface area contributed by atoms with Crippen LogP contribution in [0.5, 0.6) is 0 Å². The zero-order valence-electron chi connectivity index (χ0n) is 17.9. The summed E-state index contributed by atoms with van der Waals surface area (Å²) < 4.78 is 0. The fraction of sp³-hybridized carbons (Fsp3) is 0.864. The Balaban J connectivity index is 1.29. The quantitative estimate of drug-likeness (QED) is 0.783. The maximum atomic E-state index is 13.2. The predicted octanol–water partition coefficient (Wildman–Crippen LogP) is 2.07. The molecule has 4 heterocycles. The summed E-state index contributed by atoms with van der Waals surface area (Å²) in [6.07, 6.45) is 6.17. The molecule has 4 rings (SSSR count). The van der Waals surface area contributed by atoms with Gasteiger partial charge in [-0.3, -0.25) is 9.59 Å². The van der Waals surface area contributed by atoms with E-state index in [9.17, 15) is 14.4 Å². The lowest BCUT2D eigenvalue weighted by Gasteiger charge is -2.53. The first kappa shape index (κ1) is 20.5. The fourth-order valence-electron chi connectivity index (χ4n) is 5.84. The molecule has 29 heavy (non-hydrogen) atoms.